The van der Waals surface area contributed by atoms with Crippen molar-refractivity contribution < 1.29 is 0 Å². The first-order valence-electron chi connectivity index (χ1n) is 7.47. The highest BCUT2D eigenvalue weighted by atomic mass is 15.3. The fraction of sp³-hybridized carbons (Fsp3) is 0.438. The van der Waals surface area contributed by atoms with E-state index in [9.17, 15) is 0 Å². The zero-order valence-corrected chi connectivity index (χ0v) is 11.6. The third-order valence-corrected chi connectivity index (χ3v) is 4.64. The minimum absolute atomic E-state index is 0.619. The van der Waals surface area contributed by atoms with Gasteiger partial charge in [0, 0.05) is 30.7 Å². The third-order valence-electron chi connectivity index (χ3n) is 4.64. The van der Waals surface area contributed by atoms with Crippen molar-refractivity contribution in [1.29, 1.82) is 0 Å². The van der Waals surface area contributed by atoms with Gasteiger partial charge in [-0.15, -0.1) is 0 Å². The van der Waals surface area contributed by atoms with Gasteiger partial charge in [-0.05, 0) is 62.2 Å². The van der Waals surface area contributed by atoms with E-state index in [0.717, 1.165) is 11.6 Å². The molecule has 20 heavy (non-hydrogen) atoms. The monoisotopic (exact) mass is 268 g/mol. The summed E-state index contributed by atoms with van der Waals surface area (Å²) in [5.74, 6) is 0.853. The first-order chi connectivity index (χ1) is 9.88. The fourth-order valence-corrected chi connectivity index (χ4v) is 3.47. The van der Waals surface area contributed by atoms with Crippen molar-refractivity contribution in [2.75, 3.05) is 25.0 Å². The molecule has 4 nitrogen and oxygen atoms in total. The van der Waals surface area contributed by atoms with Crippen LogP contribution in [0.2, 0.25) is 0 Å². The molecule has 104 valence electrons. The summed E-state index contributed by atoms with van der Waals surface area (Å²) in [7, 11) is 0. The van der Waals surface area contributed by atoms with Crippen LogP contribution in [-0.2, 0) is 0 Å². The minimum atomic E-state index is 0.619. The van der Waals surface area contributed by atoms with Gasteiger partial charge >= 0.3 is 0 Å². The van der Waals surface area contributed by atoms with Gasteiger partial charge in [0.15, 0.2) is 0 Å². The predicted octanol–water partition coefficient (Wildman–Crippen LogP) is 2.38. The standard InChI is InChI=1S/C16H20N4/c1-8-17-20(9-1)15-4-2-14(3-5-15)18-16-12-19-10-6-13(16)7-11-19/h1-5,8-9,13,16,18H,6-7,10-12H2. The summed E-state index contributed by atoms with van der Waals surface area (Å²) in [6, 6.07) is 11.1. The molecular formula is C16H20N4. The van der Waals surface area contributed by atoms with Gasteiger partial charge in [0.25, 0.3) is 0 Å². The smallest absolute Gasteiger partial charge is 0.0647 e. The van der Waals surface area contributed by atoms with Crippen molar-refractivity contribution in [3.05, 3.63) is 42.7 Å². The second-order valence-corrected chi connectivity index (χ2v) is 5.89. The normalized spacial score (nSPS) is 28.5. The second-order valence-electron chi connectivity index (χ2n) is 5.89. The molecule has 0 radical (unpaired) electrons. The summed E-state index contributed by atoms with van der Waals surface area (Å²) in [4.78, 5) is 2.58. The van der Waals surface area contributed by atoms with E-state index in [4.69, 9.17) is 0 Å². The van der Waals surface area contributed by atoms with Gasteiger partial charge in [-0.1, -0.05) is 0 Å². The van der Waals surface area contributed by atoms with Crippen LogP contribution in [-0.4, -0.2) is 40.4 Å². The summed E-state index contributed by atoms with van der Waals surface area (Å²) < 4.78 is 1.89. The van der Waals surface area contributed by atoms with Crippen LogP contribution in [0.15, 0.2) is 42.7 Å². The van der Waals surface area contributed by atoms with Gasteiger partial charge in [-0.25, -0.2) is 4.68 Å². The Hall–Kier alpha value is -1.81. The van der Waals surface area contributed by atoms with E-state index in [0.29, 0.717) is 6.04 Å². The number of nitrogens with one attached hydrogen (secondary N) is 1. The van der Waals surface area contributed by atoms with Crippen molar-refractivity contribution in [2.24, 2.45) is 5.92 Å². The Morgan fingerprint density at radius 2 is 1.90 bits per heavy atom. The molecule has 0 amide bonds. The molecule has 1 N–H and O–H groups in total. The lowest BCUT2D eigenvalue weighted by Crippen LogP contribution is -2.53. The minimum Gasteiger partial charge on any atom is -0.381 e. The molecule has 2 bridgehead atoms. The van der Waals surface area contributed by atoms with E-state index >= 15 is 0 Å². The lowest BCUT2D eigenvalue weighted by molar-refractivity contribution is 0.0975. The topological polar surface area (TPSA) is 33.1 Å². The van der Waals surface area contributed by atoms with Crippen LogP contribution >= 0.6 is 0 Å². The molecule has 2 aromatic rings. The molecule has 1 aromatic heterocycles. The molecule has 3 fully saturated rings. The zero-order valence-electron chi connectivity index (χ0n) is 11.6. The molecule has 4 heteroatoms. The van der Waals surface area contributed by atoms with E-state index in [2.05, 4.69) is 39.6 Å². The number of aromatic nitrogens is 2. The van der Waals surface area contributed by atoms with Gasteiger partial charge in [-0.2, -0.15) is 5.10 Å². The number of hydrogen-bond donors (Lipinski definition) is 1. The Balaban J connectivity index is 1.47. The fourth-order valence-electron chi connectivity index (χ4n) is 3.47. The Kier molecular flexibility index (Phi) is 2.96. The summed E-state index contributed by atoms with van der Waals surface area (Å²) in [5.41, 5.74) is 2.33. The lowest BCUT2D eigenvalue weighted by Gasteiger charge is -2.45. The lowest BCUT2D eigenvalue weighted by atomic mass is 9.84. The Morgan fingerprint density at radius 1 is 1.10 bits per heavy atom. The summed E-state index contributed by atoms with van der Waals surface area (Å²) >= 11 is 0. The van der Waals surface area contributed by atoms with Crippen LogP contribution < -0.4 is 5.32 Å². The molecule has 3 saturated heterocycles. The van der Waals surface area contributed by atoms with E-state index < -0.39 is 0 Å². The van der Waals surface area contributed by atoms with E-state index in [1.165, 1.54) is 38.2 Å². The molecule has 1 aromatic carbocycles. The van der Waals surface area contributed by atoms with Crippen molar-refractivity contribution in [1.82, 2.24) is 14.7 Å². The molecule has 4 heterocycles. The van der Waals surface area contributed by atoms with Gasteiger partial charge in [0.2, 0.25) is 0 Å². The van der Waals surface area contributed by atoms with Crippen LogP contribution in [0.4, 0.5) is 5.69 Å². The maximum absolute atomic E-state index is 4.25. The Morgan fingerprint density at radius 3 is 2.50 bits per heavy atom. The van der Waals surface area contributed by atoms with Crippen LogP contribution in [0.1, 0.15) is 12.8 Å². The van der Waals surface area contributed by atoms with Crippen LogP contribution in [0, 0.1) is 5.92 Å². The van der Waals surface area contributed by atoms with E-state index in [1.807, 2.05) is 16.9 Å². The molecular weight excluding hydrogens is 248 g/mol. The number of anilines is 1. The van der Waals surface area contributed by atoms with Gasteiger partial charge in [0.1, 0.15) is 0 Å². The molecule has 3 aliphatic heterocycles. The van der Waals surface area contributed by atoms with Crippen molar-refractivity contribution in [3.8, 4) is 5.69 Å². The van der Waals surface area contributed by atoms with Gasteiger partial charge in [-0.3, -0.25) is 0 Å². The largest absolute Gasteiger partial charge is 0.381 e. The Labute approximate surface area is 119 Å². The number of nitrogens with zero attached hydrogens (tertiary/aromatic N) is 3. The van der Waals surface area contributed by atoms with Crippen LogP contribution in [0.25, 0.3) is 5.69 Å². The molecule has 0 spiro atoms. The van der Waals surface area contributed by atoms with E-state index in [-0.39, 0.29) is 0 Å². The SMILES string of the molecule is c1cnn(-c2ccc(NC3CN4CCC3CC4)cc2)c1. The molecule has 5 rings (SSSR count). The zero-order chi connectivity index (χ0) is 13.4. The third kappa shape index (κ3) is 2.20. The van der Waals surface area contributed by atoms with Gasteiger partial charge in [0.05, 0.1) is 5.69 Å². The highest BCUT2D eigenvalue weighted by molar-refractivity contribution is 5.49. The highest BCUT2D eigenvalue weighted by Crippen LogP contribution is 2.29. The van der Waals surface area contributed by atoms with Crippen molar-refractivity contribution >= 4 is 5.69 Å². The molecule has 0 aliphatic carbocycles. The quantitative estimate of drug-likeness (QED) is 0.928. The summed E-state index contributed by atoms with van der Waals surface area (Å²) in [6.07, 6.45) is 6.47. The number of benzene rings is 1. The van der Waals surface area contributed by atoms with Gasteiger partial charge < -0.3 is 10.2 Å². The van der Waals surface area contributed by atoms with E-state index in [1.54, 1.807) is 6.20 Å². The molecule has 1 unspecified atom stereocenters. The number of piperidine rings is 3. The second kappa shape index (κ2) is 4.94. The first kappa shape index (κ1) is 12.0. The summed E-state index contributed by atoms with van der Waals surface area (Å²) in [6.45, 7) is 3.79. The first-order valence-corrected chi connectivity index (χ1v) is 7.47. The predicted molar refractivity (Wildman–Crippen MR) is 80.1 cm³/mol. The highest BCUT2D eigenvalue weighted by Gasteiger charge is 2.33. The molecule has 1 atom stereocenters. The average molecular weight is 268 g/mol. The number of rotatable bonds is 3. The maximum atomic E-state index is 4.25. The number of fused-ring (bicyclic) bond motifs is 3. The Bertz CT molecular complexity index is 553. The maximum Gasteiger partial charge on any atom is 0.0647 e. The average Bonchev–Trinajstić information content (AvgIpc) is 3.04. The summed E-state index contributed by atoms with van der Waals surface area (Å²) in [5, 5.41) is 7.97. The number of hydrogen-bond acceptors (Lipinski definition) is 3. The molecule has 0 saturated carbocycles. The van der Waals surface area contributed by atoms with Crippen molar-refractivity contribution in [3.63, 3.8) is 0 Å². The van der Waals surface area contributed by atoms with Crippen LogP contribution in [0.5, 0.6) is 0 Å². The van der Waals surface area contributed by atoms with Crippen LogP contribution in [0.3, 0.4) is 0 Å². The van der Waals surface area contributed by atoms with Crippen molar-refractivity contribution in [2.45, 2.75) is 18.9 Å². The molecule has 3 aliphatic rings.